The Labute approximate surface area is 174 Å². The molecule has 7 nitrogen and oxygen atoms in total. The number of amides is 2. The molecule has 2 rings (SSSR count). The van der Waals surface area contributed by atoms with E-state index in [0.717, 1.165) is 38.3 Å². The maximum atomic E-state index is 12.2. The van der Waals surface area contributed by atoms with Gasteiger partial charge in [-0.15, -0.1) is 10.2 Å². The Balaban J connectivity index is 1.76. The third-order valence-electron chi connectivity index (χ3n) is 4.10. The van der Waals surface area contributed by atoms with E-state index in [2.05, 4.69) is 40.0 Å². The molecule has 28 heavy (non-hydrogen) atoms. The first-order valence-electron chi connectivity index (χ1n) is 9.15. The molecule has 0 aliphatic rings. The third kappa shape index (κ3) is 6.79. The van der Waals surface area contributed by atoms with E-state index >= 15 is 0 Å². The van der Waals surface area contributed by atoms with Gasteiger partial charge in [-0.2, -0.15) is 0 Å². The van der Waals surface area contributed by atoms with Crippen LogP contribution in [0.2, 0.25) is 0 Å². The molecular weight excluding hydrogens is 394 g/mol. The highest BCUT2D eigenvalue weighted by Crippen LogP contribution is 2.26. The van der Waals surface area contributed by atoms with E-state index in [-0.39, 0.29) is 24.1 Å². The number of benzene rings is 1. The molecule has 0 saturated heterocycles. The fourth-order valence-electron chi connectivity index (χ4n) is 2.56. The molecule has 0 bridgehead atoms. The van der Waals surface area contributed by atoms with E-state index in [1.807, 2.05) is 32.9 Å². The minimum atomic E-state index is -0.246. The molecule has 2 amide bonds. The highest BCUT2D eigenvalue weighted by Gasteiger charge is 2.12. The van der Waals surface area contributed by atoms with E-state index in [1.165, 1.54) is 23.1 Å². The average molecular weight is 422 g/mol. The van der Waals surface area contributed by atoms with Crippen molar-refractivity contribution >= 4 is 45.7 Å². The number of anilines is 2. The summed E-state index contributed by atoms with van der Waals surface area (Å²) >= 11 is 2.73. The van der Waals surface area contributed by atoms with Crippen LogP contribution in [0.15, 0.2) is 16.5 Å². The average Bonchev–Trinajstić information content (AvgIpc) is 3.08. The van der Waals surface area contributed by atoms with Crippen LogP contribution >= 0.6 is 23.1 Å². The summed E-state index contributed by atoms with van der Waals surface area (Å²) in [6, 6.07) is 4.36. The van der Waals surface area contributed by atoms with Crippen molar-refractivity contribution in [2.24, 2.45) is 0 Å². The number of carbonyl (C=O) groups is 2. The van der Waals surface area contributed by atoms with Gasteiger partial charge >= 0.3 is 0 Å². The van der Waals surface area contributed by atoms with Gasteiger partial charge in [-0.05, 0) is 45.2 Å². The fourth-order valence-corrected chi connectivity index (χ4v) is 4.25. The van der Waals surface area contributed by atoms with E-state index in [9.17, 15) is 9.59 Å². The molecule has 152 valence electrons. The van der Waals surface area contributed by atoms with Crippen molar-refractivity contribution in [2.75, 3.05) is 22.9 Å². The first-order valence-corrected chi connectivity index (χ1v) is 11.0. The van der Waals surface area contributed by atoms with Crippen LogP contribution in [0.3, 0.4) is 0 Å². The van der Waals surface area contributed by atoms with Gasteiger partial charge in [0.15, 0.2) is 4.34 Å². The Bertz CT molecular complexity index is 814. The van der Waals surface area contributed by atoms with Crippen molar-refractivity contribution in [2.45, 2.75) is 51.4 Å². The molecule has 0 unspecified atom stereocenters. The summed E-state index contributed by atoms with van der Waals surface area (Å²) in [5.74, 6) is -0.276. The molecule has 9 heteroatoms. The van der Waals surface area contributed by atoms with Gasteiger partial charge in [-0.1, -0.05) is 47.7 Å². The quantitative estimate of drug-likeness (QED) is 0.536. The Morgan fingerprint density at radius 3 is 2.46 bits per heavy atom. The van der Waals surface area contributed by atoms with Crippen LogP contribution in [0.25, 0.3) is 0 Å². The monoisotopic (exact) mass is 421 g/mol. The number of aryl methyl sites for hydroxylation is 3. The normalized spacial score (nSPS) is 11.8. The van der Waals surface area contributed by atoms with Gasteiger partial charge in [0.25, 0.3) is 0 Å². The van der Waals surface area contributed by atoms with Crippen molar-refractivity contribution in [1.82, 2.24) is 15.5 Å². The molecule has 1 atom stereocenters. The summed E-state index contributed by atoms with van der Waals surface area (Å²) in [5.41, 5.74) is 3.96. The summed E-state index contributed by atoms with van der Waals surface area (Å²) in [5, 5.41) is 17.6. The van der Waals surface area contributed by atoms with Crippen LogP contribution in [-0.4, -0.2) is 40.4 Å². The Morgan fingerprint density at radius 1 is 1.14 bits per heavy atom. The third-order valence-corrected chi connectivity index (χ3v) is 6.09. The molecule has 0 aliphatic carbocycles. The van der Waals surface area contributed by atoms with E-state index < -0.39 is 0 Å². The summed E-state index contributed by atoms with van der Waals surface area (Å²) in [6.45, 7) is 10.0. The van der Waals surface area contributed by atoms with Gasteiger partial charge in [-0.25, -0.2) is 0 Å². The Morgan fingerprint density at radius 2 is 1.82 bits per heavy atom. The number of thioether (sulfide) groups is 1. The van der Waals surface area contributed by atoms with Gasteiger partial charge in [0.2, 0.25) is 16.9 Å². The number of hydrogen-bond acceptors (Lipinski definition) is 7. The standard InChI is InChI=1S/C19H27N5O2S2/c1-6-14(5)21-18-23-24-19(28-18)27-10-16(26)20-9-15(25)22-17-12(3)7-11(2)8-13(17)4/h7-8,14H,6,9-10H2,1-5H3,(H,20,26)(H,21,23)(H,22,25)/t14-/m1/s1. The zero-order valence-corrected chi connectivity index (χ0v) is 18.5. The van der Waals surface area contributed by atoms with Crippen molar-refractivity contribution < 1.29 is 9.59 Å². The van der Waals surface area contributed by atoms with Crippen molar-refractivity contribution in [1.29, 1.82) is 0 Å². The number of nitrogens with one attached hydrogen (secondary N) is 3. The van der Waals surface area contributed by atoms with E-state index in [4.69, 9.17) is 0 Å². The van der Waals surface area contributed by atoms with Crippen LogP contribution in [0.5, 0.6) is 0 Å². The number of hydrogen-bond donors (Lipinski definition) is 3. The zero-order chi connectivity index (χ0) is 20.7. The Hall–Kier alpha value is -2.13. The first-order chi connectivity index (χ1) is 13.3. The summed E-state index contributed by atoms with van der Waals surface area (Å²) in [4.78, 5) is 24.2. The molecule has 0 saturated carbocycles. The molecule has 0 radical (unpaired) electrons. The molecule has 3 N–H and O–H groups in total. The molecule has 0 fully saturated rings. The number of carbonyl (C=O) groups excluding carboxylic acids is 2. The summed E-state index contributed by atoms with van der Waals surface area (Å²) in [7, 11) is 0. The van der Waals surface area contributed by atoms with Crippen LogP contribution in [0.1, 0.15) is 37.0 Å². The number of aromatic nitrogens is 2. The lowest BCUT2D eigenvalue weighted by atomic mass is 10.1. The lowest BCUT2D eigenvalue weighted by Crippen LogP contribution is -2.34. The fraction of sp³-hybridized carbons (Fsp3) is 0.474. The SMILES string of the molecule is CC[C@@H](C)Nc1nnc(SCC(=O)NCC(=O)Nc2c(C)cc(C)cc2C)s1. The van der Waals surface area contributed by atoms with Gasteiger partial charge in [-0.3, -0.25) is 9.59 Å². The number of nitrogens with zero attached hydrogens (tertiary/aromatic N) is 2. The predicted octanol–water partition coefficient (Wildman–Crippen LogP) is 3.52. The largest absolute Gasteiger partial charge is 0.358 e. The topological polar surface area (TPSA) is 96.0 Å². The van der Waals surface area contributed by atoms with Gasteiger partial charge in [0, 0.05) is 11.7 Å². The number of rotatable bonds is 9. The second kappa shape index (κ2) is 10.4. The van der Waals surface area contributed by atoms with E-state index in [0.29, 0.717) is 6.04 Å². The van der Waals surface area contributed by atoms with Gasteiger partial charge < -0.3 is 16.0 Å². The Kier molecular flexibility index (Phi) is 8.25. The van der Waals surface area contributed by atoms with Crippen LogP contribution in [0, 0.1) is 20.8 Å². The highest BCUT2D eigenvalue weighted by atomic mass is 32.2. The second-order valence-corrected chi connectivity index (χ2v) is 8.91. The van der Waals surface area contributed by atoms with Crippen molar-refractivity contribution in [3.63, 3.8) is 0 Å². The van der Waals surface area contributed by atoms with Crippen LogP contribution < -0.4 is 16.0 Å². The summed E-state index contributed by atoms with van der Waals surface area (Å²) in [6.07, 6.45) is 0.994. The van der Waals surface area contributed by atoms with Crippen LogP contribution in [-0.2, 0) is 9.59 Å². The van der Waals surface area contributed by atoms with Crippen molar-refractivity contribution in [3.05, 3.63) is 28.8 Å². The smallest absolute Gasteiger partial charge is 0.243 e. The maximum Gasteiger partial charge on any atom is 0.243 e. The second-order valence-electron chi connectivity index (χ2n) is 6.71. The molecule has 0 spiro atoms. The lowest BCUT2D eigenvalue weighted by Gasteiger charge is -2.13. The first kappa shape index (κ1) is 22.2. The highest BCUT2D eigenvalue weighted by molar-refractivity contribution is 8.01. The molecule has 1 aromatic carbocycles. The molecule has 0 aliphatic heterocycles. The minimum absolute atomic E-state index is 0.0664. The molecular formula is C19H27N5O2S2. The summed E-state index contributed by atoms with van der Waals surface area (Å²) < 4.78 is 0.719. The molecule has 1 heterocycles. The van der Waals surface area contributed by atoms with E-state index in [1.54, 1.807) is 0 Å². The van der Waals surface area contributed by atoms with Crippen LogP contribution in [0.4, 0.5) is 10.8 Å². The zero-order valence-electron chi connectivity index (χ0n) is 16.9. The maximum absolute atomic E-state index is 12.2. The minimum Gasteiger partial charge on any atom is -0.358 e. The van der Waals surface area contributed by atoms with Gasteiger partial charge in [0.05, 0.1) is 12.3 Å². The molecule has 2 aromatic rings. The lowest BCUT2D eigenvalue weighted by molar-refractivity contribution is -0.122. The van der Waals surface area contributed by atoms with Gasteiger partial charge in [0.1, 0.15) is 0 Å². The van der Waals surface area contributed by atoms with Crippen molar-refractivity contribution in [3.8, 4) is 0 Å². The molecule has 1 aromatic heterocycles. The predicted molar refractivity (Wildman–Crippen MR) is 116 cm³/mol.